The second kappa shape index (κ2) is 11.3. The van der Waals surface area contributed by atoms with Gasteiger partial charge < -0.3 is 35.9 Å². The van der Waals surface area contributed by atoms with Crippen molar-refractivity contribution in [3.63, 3.8) is 0 Å². The molecule has 0 aromatic carbocycles. The molecular formula is C21H36N4O6. The molecule has 2 aliphatic heterocycles. The molecule has 0 aromatic heterocycles. The topological polar surface area (TPSA) is 183 Å². The maximum absolute atomic E-state index is 10.9. The number of nitrogens with zero attached hydrogens (tertiary/aromatic N) is 2. The van der Waals surface area contributed by atoms with Gasteiger partial charge in [-0.05, 0) is 26.7 Å². The number of hydrogen-bond donors (Lipinski definition) is 3. The van der Waals surface area contributed by atoms with Gasteiger partial charge in [0.1, 0.15) is 16.9 Å². The Morgan fingerprint density at radius 3 is 1.55 bits per heavy atom. The highest BCUT2D eigenvalue weighted by atomic mass is 16.7. The van der Waals surface area contributed by atoms with Crippen molar-refractivity contribution in [3.05, 3.63) is 0 Å². The van der Waals surface area contributed by atoms with Gasteiger partial charge in [-0.25, -0.2) is 0 Å². The largest absolute Gasteiger partial charge is 0.376 e. The number of carbonyl (C=O) groups is 1. The fraction of sp³-hybridized carbons (Fsp3) is 0.857. The Morgan fingerprint density at radius 2 is 1.23 bits per heavy atom. The van der Waals surface area contributed by atoms with Crippen molar-refractivity contribution < 1.29 is 28.8 Å². The first kappa shape index (κ1) is 27.4. The Hall–Kier alpha value is -1.63. The minimum atomic E-state index is -1.15. The fourth-order valence-corrected chi connectivity index (χ4v) is 3.67. The highest BCUT2D eigenvalue weighted by Crippen LogP contribution is 2.38. The predicted molar refractivity (Wildman–Crippen MR) is 111 cm³/mol. The van der Waals surface area contributed by atoms with Crippen LogP contribution in [-0.2, 0) is 23.7 Å². The van der Waals surface area contributed by atoms with Crippen LogP contribution >= 0.6 is 0 Å². The van der Waals surface area contributed by atoms with E-state index in [-0.39, 0.29) is 11.9 Å². The lowest BCUT2D eigenvalue weighted by Crippen LogP contribution is -2.48. The van der Waals surface area contributed by atoms with Gasteiger partial charge in [-0.1, -0.05) is 0 Å². The van der Waals surface area contributed by atoms with Crippen molar-refractivity contribution in [2.24, 2.45) is 5.73 Å². The van der Waals surface area contributed by atoms with Crippen LogP contribution in [0, 0.1) is 22.7 Å². The first-order chi connectivity index (χ1) is 14.1. The second-order valence-corrected chi connectivity index (χ2v) is 8.69. The van der Waals surface area contributed by atoms with Crippen molar-refractivity contribution in [1.82, 2.24) is 6.15 Å². The molecule has 31 heavy (non-hydrogen) atoms. The van der Waals surface area contributed by atoms with E-state index in [4.69, 9.17) is 40.3 Å². The van der Waals surface area contributed by atoms with Crippen LogP contribution in [0.4, 0.5) is 0 Å². The Labute approximate surface area is 184 Å². The minimum Gasteiger partial charge on any atom is -0.376 e. The van der Waals surface area contributed by atoms with Gasteiger partial charge in [0.2, 0.25) is 0 Å². The summed E-state index contributed by atoms with van der Waals surface area (Å²) >= 11 is 0. The van der Waals surface area contributed by atoms with E-state index in [9.17, 15) is 4.79 Å². The summed E-state index contributed by atoms with van der Waals surface area (Å²) in [4.78, 5) is 10.9. The lowest BCUT2D eigenvalue weighted by atomic mass is 9.80. The number of hydrogen-bond acceptors (Lipinski definition) is 10. The summed E-state index contributed by atoms with van der Waals surface area (Å²) in [5.74, 6) is -0.428. The van der Waals surface area contributed by atoms with Gasteiger partial charge in [-0.2, -0.15) is 10.5 Å². The maximum Gasteiger partial charge on any atom is 0.169 e. The van der Waals surface area contributed by atoms with Crippen LogP contribution in [0.2, 0.25) is 0 Å². The van der Waals surface area contributed by atoms with E-state index in [1.54, 1.807) is 6.07 Å². The maximum atomic E-state index is 10.9. The lowest BCUT2D eigenvalue weighted by molar-refractivity contribution is -0.181. The van der Waals surface area contributed by atoms with Gasteiger partial charge in [0, 0.05) is 38.5 Å². The number of Topliss-reactive ketones (excluding diaryl/α,β-unsaturated/α-hetero) is 1. The zero-order valence-corrected chi connectivity index (χ0v) is 18.7. The molecule has 4 fully saturated rings. The average Bonchev–Trinajstić information content (AvgIpc) is 3.38. The summed E-state index contributed by atoms with van der Waals surface area (Å²) in [6.07, 6.45) is 5.60. The molecule has 2 saturated carbocycles. The smallest absolute Gasteiger partial charge is 0.169 e. The van der Waals surface area contributed by atoms with E-state index in [0.717, 1.165) is 25.7 Å². The van der Waals surface area contributed by atoms with Gasteiger partial charge >= 0.3 is 0 Å². The molecule has 0 unspecified atom stereocenters. The molecule has 10 nitrogen and oxygen atoms in total. The van der Waals surface area contributed by atoms with E-state index in [1.807, 2.05) is 0 Å². The van der Waals surface area contributed by atoms with E-state index >= 15 is 0 Å². The van der Waals surface area contributed by atoms with Crippen LogP contribution in [0.25, 0.3) is 0 Å². The molecule has 2 spiro atoms. The quantitative estimate of drug-likeness (QED) is 0.470. The molecule has 0 atom stereocenters. The van der Waals surface area contributed by atoms with Gasteiger partial charge in [-0.15, -0.1) is 0 Å². The lowest BCUT2D eigenvalue weighted by Gasteiger charge is -2.37. The number of carbonyl (C=O) groups excluding carboxylic acids is 1. The van der Waals surface area contributed by atoms with Crippen LogP contribution in [0.15, 0.2) is 0 Å². The zero-order chi connectivity index (χ0) is 22.3. The Balaban J connectivity index is 0.000000245. The third-order valence-corrected chi connectivity index (χ3v) is 5.60. The van der Waals surface area contributed by atoms with Crippen molar-refractivity contribution >= 4 is 5.78 Å². The van der Waals surface area contributed by atoms with Crippen LogP contribution in [0.3, 0.4) is 0 Å². The minimum absolute atomic E-state index is 0. The number of rotatable bonds is 0. The molecule has 6 N–H and O–H groups in total. The molecule has 0 amide bonds. The Kier molecular flexibility index (Phi) is 9.99. The summed E-state index contributed by atoms with van der Waals surface area (Å²) in [5.41, 5.74) is 4.03. The number of ketones is 1. The summed E-state index contributed by atoms with van der Waals surface area (Å²) in [5, 5.41) is 25.2. The van der Waals surface area contributed by atoms with Crippen molar-refractivity contribution in [2.45, 2.75) is 87.9 Å². The van der Waals surface area contributed by atoms with Crippen LogP contribution in [-0.4, -0.2) is 60.0 Å². The number of aliphatic hydroxyl groups is 1. The highest BCUT2D eigenvalue weighted by molar-refractivity contribution is 5.79. The number of nitriles is 2. The fourth-order valence-electron chi connectivity index (χ4n) is 3.67. The van der Waals surface area contributed by atoms with E-state index in [0.29, 0.717) is 57.9 Å². The summed E-state index contributed by atoms with van der Waals surface area (Å²) < 4.78 is 22.0. The molecule has 2 heterocycles. The van der Waals surface area contributed by atoms with Crippen molar-refractivity contribution in [3.8, 4) is 12.1 Å². The van der Waals surface area contributed by atoms with Gasteiger partial charge in [-0.3, -0.25) is 4.79 Å². The van der Waals surface area contributed by atoms with Crippen molar-refractivity contribution in [2.75, 3.05) is 26.4 Å². The SMILES string of the molecule is CC(C)(O)C#N.N.N#CC1(N)CCC2(CC1)OCCO2.O=C1CCC2(CC1)OCCO2. The third-order valence-electron chi connectivity index (χ3n) is 5.60. The molecular weight excluding hydrogens is 404 g/mol. The van der Waals surface area contributed by atoms with Gasteiger partial charge in [0.25, 0.3) is 0 Å². The summed E-state index contributed by atoms with van der Waals surface area (Å²) in [6.45, 7) is 5.59. The van der Waals surface area contributed by atoms with E-state index in [1.165, 1.54) is 13.8 Å². The molecule has 4 aliphatic rings. The monoisotopic (exact) mass is 440 g/mol. The predicted octanol–water partition coefficient (Wildman–Crippen LogP) is 1.84. The van der Waals surface area contributed by atoms with E-state index < -0.39 is 16.9 Å². The standard InChI is InChI=1S/C9H14N2O2.C8H12O3.C4H7NO.H3N/c10-7-8(11)1-3-9(4-2-8)12-5-6-13-9;9-7-1-3-8(4-2-7)10-5-6-11-8;1-4(2,6)3-5;/h1-6,11H2;1-6H2;6H,1-2H3;1H3. The van der Waals surface area contributed by atoms with Gasteiger partial charge in [0.05, 0.1) is 38.6 Å². The first-order valence-electron chi connectivity index (χ1n) is 10.5. The molecule has 0 aromatic rings. The van der Waals surface area contributed by atoms with Crippen LogP contribution < -0.4 is 11.9 Å². The molecule has 0 radical (unpaired) electrons. The highest BCUT2D eigenvalue weighted by Gasteiger charge is 2.44. The first-order valence-corrected chi connectivity index (χ1v) is 10.5. The normalized spacial score (nSPS) is 25.2. The van der Waals surface area contributed by atoms with Gasteiger partial charge in [0.15, 0.2) is 11.6 Å². The van der Waals surface area contributed by atoms with Crippen molar-refractivity contribution in [1.29, 1.82) is 10.5 Å². The molecule has 176 valence electrons. The number of ether oxygens (including phenoxy) is 4. The summed E-state index contributed by atoms with van der Waals surface area (Å²) in [7, 11) is 0. The average molecular weight is 441 g/mol. The molecule has 10 heteroatoms. The third kappa shape index (κ3) is 8.43. The van der Waals surface area contributed by atoms with Crippen LogP contribution in [0.5, 0.6) is 0 Å². The zero-order valence-electron chi connectivity index (χ0n) is 18.7. The Bertz CT molecular complexity index is 645. The number of nitrogens with two attached hydrogens (primary N) is 1. The molecule has 0 bridgehead atoms. The molecule has 4 rings (SSSR count). The molecule has 2 saturated heterocycles. The molecule has 2 aliphatic carbocycles. The Morgan fingerprint density at radius 1 is 0.871 bits per heavy atom. The second-order valence-electron chi connectivity index (χ2n) is 8.69. The summed E-state index contributed by atoms with van der Waals surface area (Å²) in [6, 6.07) is 3.81. The van der Waals surface area contributed by atoms with E-state index in [2.05, 4.69) is 6.07 Å². The van der Waals surface area contributed by atoms with Crippen LogP contribution in [0.1, 0.15) is 65.2 Å².